The summed E-state index contributed by atoms with van der Waals surface area (Å²) in [7, 11) is 0. The minimum atomic E-state index is 0.141. The zero-order valence-corrected chi connectivity index (χ0v) is 18.2. The highest BCUT2D eigenvalue weighted by Gasteiger charge is 2.40. The van der Waals surface area contributed by atoms with Crippen LogP contribution in [0.4, 0.5) is 0 Å². The number of hydrogen-bond acceptors (Lipinski definition) is 1. The molecule has 30 heavy (non-hydrogen) atoms. The Morgan fingerprint density at radius 2 is 1.60 bits per heavy atom. The van der Waals surface area contributed by atoms with Crippen molar-refractivity contribution in [3.05, 3.63) is 111 Å². The number of rotatable bonds is 2. The lowest BCUT2D eigenvalue weighted by molar-refractivity contribution is -0.110. The van der Waals surface area contributed by atoms with Crippen molar-refractivity contribution in [3.63, 3.8) is 0 Å². The Kier molecular flexibility index (Phi) is 3.88. The molecule has 3 aliphatic carbocycles. The Morgan fingerprint density at radius 1 is 0.833 bits per heavy atom. The van der Waals surface area contributed by atoms with Crippen molar-refractivity contribution in [1.82, 2.24) is 0 Å². The zero-order chi connectivity index (χ0) is 20.4. The number of carbonyl (C=O) groups is 1. The average Bonchev–Trinajstić information content (AvgIpc) is 3.24. The highest BCUT2D eigenvalue weighted by Crippen LogP contribution is 2.56. The second kappa shape index (κ2) is 6.52. The lowest BCUT2D eigenvalue weighted by Crippen LogP contribution is -2.07. The molecule has 0 saturated heterocycles. The van der Waals surface area contributed by atoms with E-state index >= 15 is 0 Å². The van der Waals surface area contributed by atoms with E-state index in [1.165, 1.54) is 16.3 Å². The van der Waals surface area contributed by atoms with Gasteiger partial charge in [0.15, 0.2) is 5.78 Å². The summed E-state index contributed by atoms with van der Waals surface area (Å²) in [6, 6.07) is 20.8. The Morgan fingerprint density at radius 3 is 2.37 bits per heavy atom. The van der Waals surface area contributed by atoms with Crippen molar-refractivity contribution in [2.24, 2.45) is 5.92 Å². The van der Waals surface area contributed by atoms with Crippen LogP contribution in [0, 0.1) is 5.92 Å². The van der Waals surface area contributed by atoms with E-state index < -0.39 is 0 Å². The highest BCUT2D eigenvalue weighted by atomic mass is 79.9. The molecule has 0 heterocycles. The van der Waals surface area contributed by atoms with Crippen LogP contribution in [0.15, 0.2) is 94.5 Å². The summed E-state index contributed by atoms with van der Waals surface area (Å²) in [5.74, 6) is 0.652. The minimum Gasteiger partial charge on any atom is -0.289 e. The van der Waals surface area contributed by atoms with Crippen LogP contribution >= 0.6 is 15.9 Å². The summed E-state index contributed by atoms with van der Waals surface area (Å²) in [5, 5.41) is 2.43. The molecule has 0 aromatic heterocycles. The van der Waals surface area contributed by atoms with Gasteiger partial charge in [0.1, 0.15) is 0 Å². The molecule has 2 heteroatoms. The summed E-state index contributed by atoms with van der Waals surface area (Å²) in [4.78, 5) is 13.9. The molecular formula is C28H19BrO. The van der Waals surface area contributed by atoms with Crippen LogP contribution < -0.4 is 0 Å². The third-order valence-electron chi connectivity index (χ3n) is 6.40. The van der Waals surface area contributed by atoms with E-state index in [-0.39, 0.29) is 5.78 Å². The second-order valence-corrected chi connectivity index (χ2v) is 9.10. The summed E-state index contributed by atoms with van der Waals surface area (Å²) >= 11 is 3.72. The molecule has 1 unspecified atom stereocenters. The number of ketones is 1. The van der Waals surface area contributed by atoms with E-state index in [1.54, 1.807) is 0 Å². The van der Waals surface area contributed by atoms with Crippen LogP contribution in [0.1, 0.15) is 30.0 Å². The molecule has 3 aromatic rings. The van der Waals surface area contributed by atoms with E-state index in [4.69, 9.17) is 0 Å². The number of hydrogen-bond donors (Lipinski definition) is 0. The van der Waals surface area contributed by atoms with Crippen LogP contribution in [-0.2, 0) is 4.79 Å². The topological polar surface area (TPSA) is 17.1 Å². The Labute approximate surface area is 184 Å². The third kappa shape index (κ3) is 2.37. The number of carbonyl (C=O) groups excluding carboxylic acids is 1. The zero-order valence-electron chi connectivity index (χ0n) is 16.6. The van der Waals surface area contributed by atoms with Crippen LogP contribution in [0.5, 0.6) is 0 Å². The van der Waals surface area contributed by atoms with Crippen LogP contribution in [0.25, 0.3) is 27.5 Å². The van der Waals surface area contributed by atoms with E-state index in [0.29, 0.717) is 5.92 Å². The molecule has 0 spiro atoms. The van der Waals surface area contributed by atoms with Crippen LogP contribution in [-0.4, -0.2) is 5.78 Å². The standard InChI is InChI=1S/C28H19BrO/c1-16-10-12-18(13-11-16)24-27-21-14-15-22(29)19-8-5-9-20(25(19)21)26(27)23(28(24)30)17-6-3-2-4-7-17/h2-10,12-16H,11H2,1H3. The van der Waals surface area contributed by atoms with E-state index in [9.17, 15) is 4.79 Å². The molecule has 0 bridgehead atoms. The molecule has 0 amide bonds. The second-order valence-electron chi connectivity index (χ2n) is 8.25. The van der Waals surface area contributed by atoms with Gasteiger partial charge in [0.05, 0.1) is 0 Å². The van der Waals surface area contributed by atoms with Gasteiger partial charge >= 0.3 is 0 Å². The molecule has 0 radical (unpaired) electrons. The maximum absolute atomic E-state index is 13.9. The molecule has 1 nitrogen and oxygen atoms in total. The fourth-order valence-corrected chi connectivity index (χ4v) is 5.46. The predicted octanol–water partition coefficient (Wildman–Crippen LogP) is 7.39. The van der Waals surface area contributed by atoms with Crippen LogP contribution in [0.2, 0.25) is 0 Å². The summed E-state index contributed by atoms with van der Waals surface area (Å²) < 4.78 is 1.09. The lowest BCUT2D eigenvalue weighted by Gasteiger charge is -2.15. The quantitative estimate of drug-likeness (QED) is 0.397. The smallest absolute Gasteiger partial charge is 0.195 e. The molecular weight excluding hydrogens is 432 g/mol. The number of Topliss-reactive ketones (excluding diaryl/α,β-unsaturated/α-hetero) is 1. The van der Waals surface area contributed by atoms with Crippen molar-refractivity contribution in [3.8, 4) is 0 Å². The molecule has 0 aliphatic heterocycles. The number of benzene rings is 3. The van der Waals surface area contributed by atoms with Crippen molar-refractivity contribution < 1.29 is 4.79 Å². The number of halogens is 1. The maximum Gasteiger partial charge on any atom is 0.195 e. The van der Waals surface area contributed by atoms with Crippen molar-refractivity contribution in [2.75, 3.05) is 0 Å². The largest absolute Gasteiger partial charge is 0.289 e. The van der Waals surface area contributed by atoms with Gasteiger partial charge < -0.3 is 0 Å². The number of allylic oxidation sites excluding steroid dienone is 8. The first-order valence-corrected chi connectivity index (χ1v) is 11.1. The fourth-order valence-electron chi connectivity index (χ4n) is 5.00. The van der Waals surface area contributed by atoms with Gasteiger partial charge in [0.2, 0.25) is 0 Å². The van der Waals surface area contributed by atoms with Crippen molar-refractivity contribution in [1.29, 1.82) is 0 Å². The molecule has 0 N–H and O–H groups in total. The van der Waals surface area contributed by atoms with E-state index in [2.05, 4.69) is 71.4 Å². The highest BCUT2D eigenvalue weighted by molar-refractivity contribution is 9.10. The van der Waals surface area contributed by atoms with E-state index in [0.717, 1.165) is 49.9 Å². The first-order chi connectivity index (χ1) is 14.6. The fraction of sp³-hybridized carbons (Fsp3) is 0.107. The van der Waals surface area contributed by atoms with Gasteiger partial charge in [-0.25, -0.2) is 0 Å². The first-order valence-electron chi connectivity index (χ1n) is 10.3. The first kappa shape index (κ1) is 17.9. The summed E-state index contributed by atoms with van der Waals surface area (Å²) in [5.41, 5.74) is 8.25. The van der Waals surface area contributed by atoms with Gasteiger partial charge in [-0.1, -0.05) is 95.7 Å². The monoisotopic (exact) mass is 450 g/mol. The maximum atomic E-state index is 13.9. The molecule has 1 atom stereocenters. The third-order valence-corrected chi connectivity index (χ3v) is 7.09. The Balaban J connectivity index is 1.72. The summed E-state index contributed by atoms with van der Waals surface area (Å²) in [6.07, 6.45) is 7.55. The molecule has 6 rings (SSSR count). The number of fused-ring (bicyclic) bond motifs is 3. The molecule has 0 saturated carbocycles. The molecule has 144 valence electrons. The SMILES string of the molecule is CC1C=CC(C2=C3C(=C(c4ccccc4)C2=O)c2cccc4c(Br)ccc3c24)=CC1. The lowest BCUT2D eigenvalue weighted by atomic mass is 9.88. The van der Waals surface area contributed by atoms with Crippen molar-refractivity contribution in [2.45, 2.75) is 13.3 Å². The molecule has 0 fully saturated rings. The van der Waals surface area contributed by atoms with Gasteiger partial charge in [0, 0.05) is 26.8 Å². The van der Waals surface area contributed by atoms with Gasteiger partial charge in [-0.2, -0.15) is 0 Å². The minimum absolute atomic E-state index is 0.141. The van der Waals surface area contributed by atoms with Gasteiger partial charge in [0.25, 0.3) is 0 Å². The normalized spacial score (nSPS) is 19.7. The molecule has 3 aromatic carbocycles. The van der Waals surface area contributed by atoms with E-state index in [1.807, 2.05) is 30.3 Å². The van der Waals surface area contributed by atoms with Gasteiger partial charge in [-0.05, 0) is 51.4 Å². The predicted molar refractivity (Wildman–Crippen MR) is 128 cm³/mol. The Bertz CT molecular complexity index is 1380. The van der Waals surface area contributed by atoms with Crippen molar-refractivity contribution >= 4 is 49.2 Å². The molecule has 3 aliphatic rings. The van der Waals surface area contributed by atoms with Gasteiger partial charge in [-0.15, -0.1) is 0 Å². The Hall–Kier alpha value is -2.97. The van der Waals surface area contributed by atoms with Crippen LogP contribution in [0.3, 0.4) is 0 Å². The average molecular weight is 451 g/mol. The van der Waals surface area contributed by atoms with Gasteiger partial charge in [-0.3, -0.25) is 4.79 Å². The summed E-state index contributed by atoms with van der Waals surface area (Å²) in [6.45, 7) is 2.21.